The third-order valence-corrected chi connectivity index (χ3v) is 3.80. The highest BCUT2D eigenvalue weighted by Gasteiger charge is 2.27. The number of benzene rings is 1. The highest BCUT2D eigenvalue weighted by molar-refractivity contribution is 5.79. The van der Waals surface area contributed by atoms with E-state index in [1.165, 1.54) is 0 Å². The average molecular weight is 262 g/mol. The van der Waals surface area contributed by atoms with Crippen LogP contribution in [0.1, 0.15) is 31.2 Å². The minimum Gasteiger partial charge on any atom is -0.496 e. The predicted octanol–water partition coefficient (Wildman–Crippen LogP) is 1.83. The van der Waals surface area contributed by atoms with Crippen LogP contribution in [0.4, 0.5) is 0 Å². The molecular formula is C15H22N2O2. The summed E-state index contributed by atoms with van der Waals surface area (Å²) in [5.74, 6) is 0.831. The highest BCUT2D eigenvalue weighted by Crippen LogP contribution is 2.23. The zero-order valence-electron chi connectivity index (χ0n) is 11.4. The molecule has 0 bridgehead atoms. The molecule has 1 fully saturated rings. The maximum atomic E-state index is 12.1. The average Bonchev–Trinajstić information content (AvgIpc) is 2.45. The first-order chi connectivity index (χ1) is 9.22. The molecule has 1 aliphatic rings. The summed E-state index contributed by atoms with van der Waals surface area (Å²) in [5.41, 5.74) is 7.01. The zero-order chi connectivity index (χ0) is 13.7. The number of carbonyl (C=O) groups is 1. The topological polar surface area (TPSA) is 64.3 Å². The molecule has 0 radical (unpaired) electrons. The Morgan fingerprint density at radius 2 is 2.11 bits per heavy atom. The Kier molecular flexibility index (Phi) is 4.80. The number of methoxy groups -OCH3 is 1. The fraction of sp³-hybridized carbons (Fsp3) is 0.533. The summed E-state index contributed by atoms with van der Waals surface area (Å²) in [6, 6.07) is 7.72. The van der Waals surface area contributed by atoms with Gasteiger partial charge in [0.05, 0.1) is 13.0 Å². The van der Waals surface area contributed by atoms with E-state index in [1.54, 1.807) is 7.11 Å². The van der Waals surface area contributed by atoms with Crippen molar-refractivity contribution in [1.29, 1.82) is 0 Å². The highest BCUT2D eigenvalue weighted by atomic mass is 16.5. The van der Waals surface area contributed by atoms with Gasteiger partial charge >= 0.3 is 0 Å². The third-order valence-electron chi connectivity index (χ3n) is 3.80. The second kappa shape index (κ2) is 6.57. The Balaban J connectivity index is 1.92. The summed E-state index contributed by atoms with van der Waals surface area (Å²) in [6.45, 7) is 0.492. The van der Waals surface area contributed by atoms with Crippen LogP contribution in [-0.4, -0.2) is 19.1 Å². The molecule has 0 unspecified atom stereocenters. The van der Waals surface area contributed by atoms with Gasteiger partial charge in [-0.2, -0.15) is 0 Å². The van der Waals surface area contributed by atoms with Crippen molar-refractivity contribution in [2.45, 2.75) is 38.3 Å². The van der Waals surface area contributed by atoms with Gasteiger partial charge < -0.3 is 15.8 Å². The second-order valence-electron chi connectivity index (χ2n) is 5.08. The monoisotopic (exact) mass is 262 g/mol. The molecule has 19 heavy (non-hydrogen) atoms. The standard InChI is InChI=1S/C15H22N2O2/c1-19-14-9-5-2-6-11(14)10-17-15(18)12-7-3-4-8-13(12)16/h2,5-6,9,12-13H,3-4,7-8,10,16H2,1H3,(H,17,18)/t12-,13+/m1/s1. The Bertz CT molecular complexity index is 434. The molecule has 3 N–H and O–H groups in total. The van der Waals surface area contributed by atoms with E-state index in [-0.39, 0.29) is 17.9 Å². The fourth-order valence-corrected chi connectivity index (χ4v) is 2.65. The minimum atomic E-state index is -0.0385. The van der Waals surface area contributed by atoms with E-state index >= 15 is 0 Å². The molecule has 2 atom stereocenters. The zero-order valence-corrected chi connectivity index (χ0v) is 11.4. The summed E-state index contributed by atoms with van der Waals surface area (Å²) in [5, 5.41) is 2.97. The van der Waals surface area contributed by atoms with Gasteiger partial charge in [0.25, 0.3) is 0 Å². The van der Waals surface area contributed by atoms with Crippen LogP contribution in [0, 0.1) is 5.92 Å². The first-order valence-corrected chi connectivity index (χ1v) is 6.87. The van der Waals surface area contributed by atoms with E-state index in [2.05, 4.69) is 5.32 Å². The number of nitrogens with one attached hydrogen (secondary N) is 1. The normalized spacial score (nSPS) is 22.8. The van der Waals surface area contributed by atoms with E-state index in [1.807, 2.05) is 24.3 Å². The van der Waals surface area contributed by atoms with Crippen LogP contribution in [0.3, 0.4) is 0 Å². The summed E-state index contributed by atoms with van der Waals surface area (Å²) < 4.78 is 5.27. The molecule has 0 heterocycles. The lowest BCUT2D eigenvalue weighted by molar-refractivity contribution is -0.126. The maximum Gasteiger partial charge on any atom is 0.224 e. The summed E-state index contributed by atoms with van der Waals surface area (Å²) >= 11 is 0. The number of rotatable bonds is 4. The number of amides is 1. The lowest BCUT2D eigenvalue weighted by Crippen LogP contribution is -2.43. The molecule has 0 aliphatic heterocycles. The van der Waals surface area contributed by atoms with Crippen LogP contribution in [-0.2, 0) is 11.3 Å². The van der Waals surface area contributed by atoms with Crippen molar-refractivity contribution >= 4 is 5.91 Å². The molecule has 1 aliphatic carbocycles. The van der Waals surface area contributed by atoms with Crippen LogP contribution in [0.25, 0.3) is 0 Å². The minimum absolute atomic E-state index is 0.00594. The van der Waals surface area contributed by atoms with E-state index in [4.69, 9.17) is 10.5 Å². The van der Waals surface area contributed by atoms with Gasteiger partial charge in [-0.3, -0.25) is 4.79 Å². The molecule has 0 aromatic heterocycles. The molecule has 1 saturated carbocycles. The quantitative estimate of drug-likeness (QED) is 0.870. The molecule has 4 nitrogen and oxygen atoms in total. The lowest BCUT2D eigenvalue weighted by Gasteiger charge is -2.27. The molecule has 4 heteroatoms. The van der Waals surface area contributed by atoms with E-state index in [0.29, 0.717) is 6.54 Å². The molecule has 104 valence electrons. The number of nitrogens with two attached hydrogens (primary N) is 1. The smallest absolute Gasteiger partial charge is 0.224 e. The van der Waals surface area contributed by atoms with Crippen LogP contribution >= 0.6 is 0 Å². The molecule has 1 aromatic carbocycles. The van der Waals surface area contributed by atoms with Crippen molar-refractivity contribution in [2.24, 2.45) is 11.7 Å². The fourth-order valence-electron chi connectivity index (χ4n) is 2.65. The Morgan fingerprint density at radius 1 is 1.37 bits per heavy atom. The van der Waals surface area contributed by atoms with Gasteiger partial charge in [0, 0.05) is 18.2 Å². The Morgan fingerprint density at radius 3 is 2.84 bits per heavy atom. The van der Waals surface area contributed by atoms with E-state index in [9.17, 15) is 4.79 Å². The second-order valence-corrected chi connectivity index (χ2v) is 5.08. The lowest BCUT2D eigenvalue weighted by atomic mass is 9.84. The number of hydrogen-bond donors (Lipinski definition) is 2. The van der Waals surface area contributed by atoms with Gasteiger partial charge in [-0.15, -0.1) is 0 Å². The van der Waals surface area contributed by atoms with Gasteiger partial charge in [-0.25, -0.2) is 0 Å². The maximum absolute atomic E-state index is 12.1. The molecule has 1 amide bonds. The summed E-state index contributed by atoms with van der Waals surface area (Å²) in [6.07, 6.45) is 4.09. The summed E-state index contributed by atoms with van der Waals surface area (Å²) in [7, 11) is 1.64. The van der Waals surface area contributed by atoms with Gasteiger partial charge in [0.2, 0.25) is 5.91 Å². The molecular weight excluding hydrogens is 240 g/mol. The Hall–Kier alpha value is -1.55. The van der Waals surface area contributed by atoms with Crippen molar-refractivity contribution in [1.82, 2.24) is 5.32 Å². The SMILES string of the molecule is COc1ccccc1CNC(=O)[C@@H]1CCCC[C@@H]1N. The third kappa shape index (κ3) is 3.47. The molecule has 0 spiro atoms. The van der Waals surface area contributed by atoms with E-state index in [0.717, 1.165) is 37.0 Å². The van der Waals surface area contributed by atoms with E-state index < -0.39 is 0 Å². The summed E-state index contributed by atoms with van der Waals surface area (Å²) in [4.78, 5) is 12.1. The molecule has 0 saturated heterocycles. The van der Waals surface area contributed by atoms with Crippen molar-refractivity contribution in [2.75, 3.05) is 7.11 Å². The van der Waals surface area contributed by atoms with Gasteiger partial charge in [-0.05, 0) is 18.9 Å². The van der Waals surface area contributed by atoms with Crippen LogP contribution in [0.15, 0.2) is 24.3 Å². The first-order valence-electron chi connectivity index (χ1n) is 6.87. The first kappa shape index (κ1) is 13.9. The van der Waals surface area contributed by atoms with Gasteiger partial charge in [0.15, 0.2) is 0 Å². The van der Waals surface area contributed by atoms with Crippen molar-refractivity contribution in [3.05, 3.63) is 29.8 Å². The van der Waals surface area contributed by atoms with Crippen LogP contribution in [0.5, 0.6) is 5.75 Å². The Labute approximate surface area is 114 Å². The number of hydrogen-bond acceptors (Lipinski definition) is 3. The van der Waals surface area contributed by atoms with Gasteiger partial charge in [0.1, 0.15) is 5.75 Å². The largest absolute Gasteiger partial charge is 0.496 e. The molecule has 2 rings (SSSR count). The predicted molar refractivity (Wildman–Crippen MR) is 74.8 cm³/mol. The van der Waals surface area contributed by atoms with Crippen molar-refractivity contribution in [3.8, 4) is 5.75 Å². The van der Waals surface area contributed by atoms with Crippen molar-refractivity contribution in [3.63, 3.8) is 0 Å². The number of para-hydroxylation sites is 1. The molecule has 1 aromatic rings. The van der Waals surface area contributed by atoms with Gasteiger partial charge in [-0.1, -0.05) is 31.0 Å². The number of ether oxygens (including phenoxy) is 1. The van der Waals surface area contributed by atoms with Crippen molar-refractivity contribution < 1.29 is 9.53 Å². The van der Waals surface area contributed by atoms with Crippen LogP contribution in [0.2, 0.25) is 0 Å². The number of carbonyl (C=O) groups excluding carboxylic acids is 1. The van der Waals surface area contributed by atoms with Crippen LogP contribution < -0.4 is 15.8 Å².